The molecule has 3 heterocycles. The molecule has 1 aromatic carbocycles. The number of aliphatic imine (C=N–C) groups is 1. The quantitative estimate of drug-likeness (QED) is 0.428. The molecule has 1 saturated heterocycles. The fourth-order valence-electron chi connectivity index (χ4n) is 3.82. The minimum absolute atomic E-state index is 0.407. The van der Waals surface area contributed by atoms with E-state index in [4.69, 9.17) is 4.99 Å². The zero-order chi connectivity index (χ0) is 20.6. The van der Waals surface area contributed by atoms with Gasteiger partial charge in [0.15, 0.2) is 5.96 Å². The van der Waals surface area contributed by atoms with Crippen molar-refractivity contribution in [3.63, 3.8) is 0 Å². The second kappa shape index (κ2) is 10.4. The Morgan fingerprint density at radius 3 is 2.63 bits per heavy atom. The van der Waals surface area contributed by atoms with E-state index in [9.17, 15) is 0 Å². The summed E-state index contributed by atoms with van der Waals surface area (Å²) in [6, 6.07) is 15.1. The summed E-state index contributed by atoms with van der Waals surface area (Å²) >= 11 is 1.84. The number of guanidine groups is 1. The maximum atomic E-state index is 4.81. The third-order valence-corrected chi connectivity index (χ3v) is 6.36. The van der Waals surface area contributed by atoms with Gasteiger partial charge in [-0.25, -0.2) is 9.67 Å². The second-order valence-corrected chi connectivity index (χ2v) is 8.45. The van der Waals surface area contributed by atoms with Crippen molar-refractivity contribution in [3.05, 3.63) is 70.7 Å². The molecule has 0 saturated carbocycles. The first-order valence-electron chi connectivity index (χ1n) is 10.7. The lowest BCUT2D eigenvalue weighted by Gasteiger charge is -2.27. The van der Waals surface area contributed by atoms with E-state index in [1.54, 1.807) is 6.20 Å². The van der Waals surface area contributed by atoms with Gasteiger partial charge in [-0.15, -0.1) is 11.3 Å². The molecule has 0 amide bonds. The summed E-state index contributed by atoms with van der Waals surface area (Å²) in [6.45, 7) is 6.82. The fourth-order valence-corrected chi connectivity index (χ4v) is 4.69. The molecule has 0 radical (unpaired) electrons. The third-order valence-electron chi connectivity index (χ3n) is 5.39. The molecular weight excluding hydrogens is 392 g/mol. The highest BCUT2D eigenvalue weighted by Gasteiger charge is 2.24. The zero-order valence-electron chi connectivity index (χ0n) is 17.5. The summed E-state index contributed by atoms with van der Waals surface area (Å²) in [4.78, 5) is 8.83. The molecule has 0 bridgehead atoms. The van der Waals surface area contributed by atoms with Crippen LogP contribution in [0, 0.1) is 0 Å². The molecule has 30 heavy (non-hydrogen) atoms. The third kappa shape index (κ3) is 5.29. The van der Waals surface area contributed by atoms with Crippen molar-refractivity contribution in [2.75, 3.05) is 26.2 Å². The largest absolute Gasteiger partial charge is 0.357 e. The van der Waals surface area contributed by atoms with Gasteiger partial charge in [-0.3, -0.25) is 4.90 Å². The molecule has 2 aromatic heterocycles. The number of hydrogen-bond donors (Lipinski definition) is 2. The van der Waals surface area contributed by atoms with Crippen LogP contribution in [0.25, 0.3) is 5.69 Å². The van der Waals surface area contributed by atoms with Crippen molar-refractivity contribution in [3.8, 4) is 5.69 Å². The Kier molecular flexibility index (Phi) is 7.16. The smallest absolute Gasteiger partial charge is 0.191 e. The SMILES string of the molecule is CCNC(=NCc1ccc(-n2cccn2)cc1)NCC(c1cccs1)N1CCCC1. The predicted octanol–water partition coefficient (Wildman–Crippen LogP) is 3.83. The van der Waals surface area contributed by atoms with E-state index < -0.39 is 0 Å². The maximum absolute atomic E-state index is 4.81. The van der Waals surface area contributed by atoms with Crippen LogP contribution in [0.3, 0.4) is 0 Å². The van der Waals surface area contributed by atoms with Crippen LogP contribution in [0.1, 0.15) is 36.2 Å². The number of benzene rings is 1. The van der Waals surface area contributed by atoms with Gasteiger partial charge in [0.25, 0.3) is 0 Å². The van der Waals surface area contributed by atoms with Crippen LogP contribution in [0.5, 0.6) is 0 Å². The first kappa shape index (κ1) is 20.6. The Hall–Kier alpha value is -2.64. The molecule has 1 aliphatic rings. The lowest BCUT2D eigenvalue weighted by molar-refractivity contribution is 0.249. The zero-order valence-corrected chi connectivity index (χ0v) is 18.3. The summed E-state index contributed by atoms with van der Waals surface area (Å²) in [6.07, 6.45) is 6.33. The molecule has 6 nitrogen and oxygen atoms in total. The minimum Gasteiger partial charge on any atom is -0.357 e. The lowest BCUT2D eigenvalue weighted by Crippen LogP contribution is -2.42. The number of nitrogens with one attached hydrogen (secondary N) is 2. The van der Waals surface area contributed by atoms with Gasteiger partial charge in [-0.2, -0.15) is 5.10 Å². The summed E-state index contributed by atoms with van der Waals surface area (Å²) in [5.41, 5.74) is 2.24. The van der Waals surface area contributed by atoms with E-state index in [2.05, 4.69) is 69.3 Å². The Bertz CT molecular complexity index is 896. The van der Waals surface area contributed by atoms with Gasteiger partial charge in [0.2, 0.25) is 0 Å². The lowest BCUT2D eigenvalue weighted by atomic mass is 10.2. The van der Waals surface area contributed by atoms with Crippen molar-refractivity contribution in [2.24, 2.45) is 4.99 Å². The van der Waals surface area contributed by atoms with Crippen LogP contribution < -0.4 is 10.6 Å². The highest BCUT2D eigenvalue weighted by molar-refractivity contribution is 7.10. The van der Waals surface area contributed by atoms with Gasteiger partial charge in [-0.05, 0) is 68.1 Å². The predicted molar refractivity (Wildman–Crippen MR) is 124 cm³/mol. The highest BCUT2D eigenvalue weighted by atomic mass is 32.1. The van der Waals surface area contributed by atoms with E-state index in [-0.39, 0.29) is 0 Å². The van der Waals surface area contributed by atoms with Gasteiger partial charge in [0, 0.05) is 30.4 Å². The van der Waals surface area contributed by atoms with Crippen molar-refractivity contribution in [2.45, 2.75) is 32.4 Å². The molecule has 0 aliphatic carbocycles. The van der Waals surface area contributed by atoms with Crippen molar-refractivity contribution >= 4 is 17.3 Å². The number of aromatic nitrogens is 2. The highest BCUT2D eigenvalue weighted by Crippen LogP contribution is 2.27. The van der Waals surface area contributed by atoms with E-state index in [1.165, 1.54) is 36.4 Å². The second-order valence-electron chi connectivity index (χ2n) is 7.47. The molecule has 7 heteroatoms. The van der Waals surface area contributed by atoms with Crippen LogP contribution in [0.4, 0.5) is 0 Å². The average molecular weight is 423 g/mol. The van der Waals surface area contributed by atoms with Gasteiger partial charge in [-0.1, -0.05) is 18.2 Å². The summed E-state index contributed by atoms with van der Waals surface area (Å²) < 4.78 is 1.86. The number of hydrogen-bond acceptors (Lipinski definition) is 4. The van der Waals surface area contributed by atoms with Crippen LogP contribution >= 0.6 is 11.3 Å². The Morgan fingerprint density at radius 1 is 1.13 bits per heavy atom. The standard InChI is InChI=1S/C23H30N6S/c1-2-24-23(25-17-19-8-10-20(11-9-19)29-15-6-12-27-29)26-18-21(22-7-5-16-30-22)28-13-3-4-14-28/h5-12,15-16,21H,2-4,13-14,17-18H2,1H3,(H2,24,25,26). The Labute approximate surface area is 182 Å². The number of likely N-dealkylation sites (tertiary alicyclic amines) is 1. The summed E-state index contributed by atoms with van der Waals surface area (Å²) in [5.74, 6) is 0.870. The van der Waals surface area contributed by atoms with E-state index >= 15 is 0 Å². The van der Waals surface area contributed by atoms with Crippen molar-refractivity contribution in [1.82, 2.24) is 25.3 Å². The van der Waals surface area contributed by atoms with Gasteiger partial charge >= 0.3 is 0 Å². The minimum atomic E-state index is 0.407. The Balaban J connectivity index is 1.39. The van der Waals surface area contributed by atoms with Crippen molar-refractivity contribution in [1.29, 1.82) is 0 Å². The van der Waals surface area contributed by atoms with E-state index in [0.717, 1.165) is 24.7 Å². The van der Waals surface area contributed by atoms with E-state index in [1.807, 2.05) is 28.3 Å². The van der Waals surface area contributed by atoms with Crippen molar-refractivity contribution < 1.29 is 0 Å². The number of thiophene rings is 1. The van der Waals surface area contributed by atoms with E-state index in [0.29, 0.717) is 12.6 Å². The van der Waals surface area contributed by atoms with Gasteiger partial charge in [0.1, 0.15) is 0 Å². The molecule has 3 aromatic rings. The summed E-state index contributed by atoms with van der Waals surface area (Å²) in [7, 11) is 0. The molecule has 158 valence electrons. The topological polar surface area (TPSA) is 57.5 Å². The molecule has 4 rings (SSSR count). The first-order valence-corrected chi connectivity index (χ1v) is 11.6. The normalized spacial score (nSPS) is 16.0. The number of nitrogens with zero attached hydrogens (tertiary/aromatic N) is 4. The van der Waals surface area contributed by atoms with Gasteiger partial charge in [0.05, 0.1) is 18.3 Å². The van der Waals surface area contributed by atoms with Crippen LogP contribution in [-0.4, -0.2) is 46.8 Å². The monoisotopic (exact) mass is 422 g/mol. The van der Waals surface area contributed by atoms with Crippen LogP contribution in [0.15, 0.2) is 65.2 Å². The molecule has 0 spiro atoms. The molecule has 2 N–H and O–H groups in total. The van der Waals surface area contributed by atoms with Crippen LogP contribution in [-0.2, 0) is 6.54 Å². The Morgan fingerprint density at radius 2 is 1.97 bits per heavy atom. The number of rotatable bonds is 8. The average Bonchev–Trinajstić information content (AvgIpc) is 3.56. The van der Waals surface area contributed by atoms with Gasteiger partial charge < -0.3 is 10.6 Å². The van der Waals surface area contributed by atoms with Crippen LogP contribution in [0.2, 0.25) is 0 Å². The molecule has 1 atom stereocenters. The molecule has 1 unspecified atom stereocenters. The fraction of sp³-hybridized carbons (Fsp3) is 0.391. The molecule has 1 fully saturated rings. The molecule has 1 aliphatic heterocycles. The molecular formula is C23H30N6S. The maximum Gasteiger partial charge on any atom is 0.191 e. The summed E-state index contributed by atoms with van der Waals surface area (Å²) in [5, 5.41) is 13.4. The first-order chi connectivity index (χ1) is 14.8.